The summed E-state index contributed by atoms with van der Waals surface area (Å²) >= 11 is 0. The molecule has 21 heavy (non-hydrogen) atoms. The number of aryl methyl sites for hydroxylation is 1. The van der Waals surface area contributed by atoms with E-state index in [0.29, 0.717) is 12.5 Å². The van der Waals surface area contributed by atoms with Gasteiger partial charge in [-0.25, -0.2) is 4.99 Å². The van der Waals surface area contributed by atoms with E-state index in [1.165, 1.54) is 12.0 Å². The third-order valence-corrected chi connectivity index (χ3v) is 3.82. The van der Waals surface area contributed by atoms with Crippen molar-refractivity contribution in [3.63, 3.8) is 0 Å². The van der Waals surface area contributed by atoms with Crippen molar-refractivity contribution in [2.24, 2.45) is 10.9 Å². The second-order valence-corrected chi connectivity index (χ2v) is 5.49. The van der Waals surface area contributed by atoms with Gasteiger partial charge in [-0.3, -0.25) is 4.98 Å². The predicted octanol–water partition coefficient (Wildman–Crippen LogP) is 1.82. The molecule has 0 spiro atoms. The number of rotatable bonds is 5. The molecule has 1 N–H and O–H groups in total. The monoisotopic (exact) mass is 290 g/mol. The maximum Gasteiger partial charge on any atom is 0.194 e. The van der Waals surface area contributed by atoms with E-state index in [9.17, 15) is 0 Å². The molecule has 1 saturated heterocycles. The molecule has 1 aliphatic heterocycles. The number of aliphatic imine (C=N–C) groups is 1. The van der Waals surface area contributed by atoms with Gasteiger partial charge >= 0.3 is 0 Å². The fourth-order valence-corrected chi connectivity index (χ4v) is 2.66. The minimum absolute atomic E-state index is 0.607. The van der Waals surface area contributed by atoms with E-state index in [1.54, 1.807) is 7.11 Å². The number of likely N-dealkylation sites (tertiary alicyclic amines) is 1. The van der Waals surface area contributed by atoms with Crippen LogP contribution in [0.1, 0.15) is 24.6 Å². The molecule has 0 bridgehead atoms. The summed E-state index contributed by atoms with van der Waals surface area (Å²) in [5.74, 6) is 1.59. The van der Waals surface area contributed by atoms with Gasteiger partial charge in [0, 0.05) is 38.9 Å². The minimum Gasteiger partial charge on any atom is -0.384 e. The van der Waals surface area contributed by atoms with Crippen molar-refractivity contribution in [2.75, 3.05) is 33.4 Å². The summed E-state index contributed by atoms with van der Waals surface area (Å²) in [4.78, 5) is 11.5. The molecular formula is C16H26N4O. The molecule has 0 aliphatic carbocycles. The Morgan fingerprint density at radius 2 is 2.43 bits per heavy atom. The van der Waals surface area contributed by atoms with Crippen molar-refractivity contribution in [1.82, 2.24) is 15.2 Å². The van der Waals surface area contributed by atoms with Crippen molar-refractivity contribution in [2.45, 2.75) is 26.8 Å². The maximum atomic E-state index is 5.26. The number of nitrogens with one attached hydrogen (secondary N) is 1. The normalized spacial score (nSPS) is 19.1. The highest BCUT2D eigenvalue weighted by Crippen LogP contribution is 2.16. The molecular weight excluding hydrogens is 264 g/mol. The Hall–Kier alpha value is -1.62. The maximum absolute atomic E-state index is 5.26. The van der Waals surface area contributed by atoms with Gasteiger partial charge in [0.05, 0.1) is 18.8 Å². The number of ether oxygens (including phenoxy) is 1. The average molecular weight is 290 g/mol. The van der Waals surface area contributed by atoms with Crippen LogP contribution in [-0.2, 0) is 11.3 Å². The van der Waals surface area contributed by atoms with E-state index in [0.717, 1.165) is 37.9 Å². The highest BCUT2D eigenvalue weighted by Gasteiger charge is 2.24. The molecule has 1 atom stereocenters. The lowest BCUT2D eigenvalue weighted by atomic mass is 10.1. The fourth-order valence-electron chi connectivity index (χ4n) is 2.66. The molecule has 0 radical (unpaired) electrons. The van der Waals surface area contributed by atoms with Gasteiger partial charge in [0.2, 0.25) is 0 Å². The van der Waals surface area contributed by atoms with Crippen LogP contribution in [0.15, 0.2) is 23.3 Å². The number of hydrogen-bond acceptors (Lipinski definition) is 3. The summed E-state index contributed by atoms with van der Waals surface area (Å²) in [6.45, 7) is 8.57. The molecule has 0 amide bonds. The lowest BCUT2D eigenvalue weighted by Gasteiger charge is -2.21. The van der Waals surface area contributed by atoms with Crippen LogP contribution in [0.25, 0.3) is 0 Å². The summed E-state index contributed by atoms with van der Waals surface area (Å²) in [5.41, 5.74) is 2.23. The first-order valence-electron chi connectivity index (χ1n) is 7.67. The molecule has 0 aromatic carbocycles. The first-order valence-corrected chi connectivity index (χ1v) is 7.67. The number of guanidine groups is 1. The molecule has 1 aromatic heterocycles. The van der Waals surface area contributed by atoms with Gasteiger partial charge in [0.15, 0.2) is 5.96 Å². The zero-order valence-corrected chi connectivity index (χ0v) is 13.3. The second kappa shape index (κ2) is 7.98. The van der Waals surface area contributed by atoms with Crippen LogP contribution in [0, 0.1) is 12.8 Å². The molecule has 0 saturated carbocycles. The van der Waals surface area contributed by atoms with Gasteiger partial charge in [-0.1, -0.05) is 6.07 Å². The first kappa shape index (κ1) is 15.8. The highest BCUT2D eigenvalue weighted by atomic mass is 16.5. The number of aromatic nitrogens is 1. The van der Waals surface area contributed by atoms with Crippen molar-refractivity contribution in [1.29, 1.82) is 0 Å². The molecule has 1 aliphatic rings. The van der Waals surface area contributed by atoms with E-state index in [2.05, 4.69) is 35.1 Å². The first-order chi connectivity index (χ1) is 10.2. The van der Waals surface area contributed by atoms with E-state index in [1.807, 2.05) is 12.3 Å². The number of methoxy groups -OCH3 is 1. The van der Waals surface area contributed by atoms with Crippen LogP contribution in [0.3, 0.4) is 0 Å². The molecule has 5 nitrogen and oxygen atoms in total. The lowest BCUT2D eigenvalue weighted by Crippen LogP contribution is -2.40. The Morgan fingerprint density at radius 1 is 1.57 bits per heavy atom. The molecule has 1 fully saturated rings. The number of hydrogen-bond donors (Lipinski definition) is 1. The third-order valence-electron chi connectivity index (χ3n) is 3.82. The highest BCUT2D eigenvalue weighted by molar-refractivity contribution is 5.80. The van der Waals surface area contributed by atoms with Gasteiger partial charge < -0.3 is 15.0 Å². The summed E-state index contributed by atoms with van der Waals surface area (Å²) < 4.78 is 5.26. The largest absolute Gasteiger partial charge is 0.384 e. The molecule has 2 rings (SSSR count). The second-order valence-electron chi connectivity index (χ2n) is 5.49. The van der Waals surface area contributed by atoms with Gasteiger partial charge in [-0.2, -0.15) is 0 Å². The Balaban J connectivity index is 2.01. The van der Waals surface area contributed by atoms with Gasteiger partial charge in [0.25, 0.3) is 0 Å². The average Bonchev–Trinajstić information content (AvgIpc) is 2.94. The summed E-state index contributed by atoms with van der Waals surface area (Å²) in [5, 5.41) is 3.38. The van der Waals surface area contributed by atoms with E-state index in [4.69, 9.17) is 9.73 Å². The van der Waals surface area contributed by atoms with E-state index >= 15 is 0 Å². The van der Waals surface area contributed by atoms with Gasteiger partial charge in [-0.15, -0.1) is 0 Å². The Kier molecular flexibility index (Phi) is 5.99. The Labute approximate surface area is 127 Å². The van der Waals surface area contributed by atoms with Crippen LogP contribution in [-0.4, -0.2) is 49.2 Å². The zero-order chi connectivity index (χ0) is 15.1. The number of nitrogens with zero attached hydrogens (tertiary/aromatic N) is 3. The summed E-state index contributed by atoms with van der Waals surface area (Å²) in [6, 6.07) is 4.04. The van der Waals surface area contributed by atoms with Crippen molar-refractivity contribution < 1.29 is 4.74 Å². The van der Waals surface area contributed by atoms with Crippen molar-refractivity contribution >= 4 is 5.96 Å². The minimum atomic E-state index is 0.607. The van der Waals surface area contributed by atoms with E-state index in [-0.39, 0.29) is 0 Å². The van der Waals surface area contributed by atoms with Gasteiger partial charge in [0.1, 0.15) is 0 Å². The molecule has 5 heteroatoms. The quantitative estimate of drug-likeness (QED) is 0.664. The fraction of sp³-hybridized carbons (Fsp3) is 0.625. The summed E-state index contributed by atoms with van der Waals surface area (Å²) in [7, 11) is 1.77. The smallest absolute Gasteiger partial charge is 0.194 e. The predicted molar refractivity (Wildman–Crippen MR) is 85.3 cm³/mol. The van der Waals surface area contributed by atoms with Crippen LogP contribution in [0.2, 0.25) is 0 Å². The van der Waals surface area contributed by atoms with Crippen LogP contribution >= 0.6 is 0 Å². The summed E-state index contributed by atoms with van der Waals surface area (Å²) in [6.07, 6.45) is 3.00. The zero-order valence-electron chi connectivity index (χ0n) is 13.3. The van der Waals surface area contributed by atoms with Crippen molar-refractivity contribution in [3.05, 3.63) is 29.6 Å². The standard InChI is InChI=1S/C16H26N4O/c1-4-17-16(20-9-7-14(11-20)12-21-3)19-10-15-13(2)6-5-8-18-15/h5-6,8,14H,4,7,9-12H2,1-3H3,(H,17,19). The topological polar surface area (TPSA) is 49.8 Å². The van der Waals surface area contributed by atoms with Crippen molar-refractivity contribution in [3.8, 4) is 0 Å². The molecule has 1 aromatic rings. The van der Waals surface area contributed by atoms with Crippen LogP contribution < -0.4 is 5.32 Å². The SMILES string of the molecule is CCNC(=NCc1ncccc1C)N1CCC(COC)C1. The molecule has 1 unspecified atom stereocenters. The Bertz CT molecular complexity index is 475. The third kappa shape index (κ3) is 4.43. The van der Waals surface area contributed by atoms with E-state index < -0.39 is 0 Å². The number of pyridine rings is 1. The van der Waals surface area contributed by atoms with Crippen LogP contribution in [0.5, 0.6) is 0 Å². The van der Waals surface area contributed by atoms with Crippen LogP contribution in [0.4, 0.5) is 0 Å². The molecule has 116 valence electrons. The Morgan fingerprint density at radius 3 is 3.14 bits per heavy atom. The molecule has 2 heterocycles. The lowest BCUT2D eigenvalue weighted by molar-refractivity contribution is 0.157. The van der Waals surface area contributed by atoms with Gasteiger partial charge in [-0.05, 0) is 31.9 Å².